The van der Waals surface area contributed by atoms with Crippen molar-refractivity contribution in [2.75, 3.05) is 19.8 Å². The molecule has 0 spiro atoms. The van der Waals surface area contributed by atoms with E-state index in [2.05, 4.69) is 60.7 Å². The molecule has 9 rings (SSSR count). The summed E-state index contributed by atoms with van der Waals surface area (Å²) >= 11 is 0. The van der Waals surface area contributed by atoms with Crippen LogP contribution in [-0.2, 0) is 10.1 Å². The second-order valence-corrected chi connectivity index (χ2v) is 15.1. The molecule has 4 aliphatic carbocycles. The Bertz CT molecular complexity index is 2460. The van der Waals surface area contributed by atoms with E-state index in [1.54, 1.807) is 9.46 Å². The average Bonchev–Trinajstić information content (AvgIpc) is 3.75. The molecular formula is C56H53BN2O7. The molecule has 5 aromatic rings. The van der Waals surface area contributed by atoms with Crippen LogP contribution in [-0.4, -0.2) is 27.1 Å². The van der Waals surface area contributed by atoms with Crippen LogP contribution in [0.25, 0.3) is 22.3 Å². The first-order valence-corrected chi connectivity index (χ1v) is 22.2. The van der Waals surface area contributed by atoms with Gasteiger partial charge >= 0.3 is 11.8 Å². The summed E-state index contributed by atoms with van der Waals surface area (Å²) in [5.41, 5.74) is 7.80. The van der Waals surface area contributed by atoms with Gasteiger partial charge in [-0.3, -0.25) is 9.68 Å². The minimum Gasteiger partial charge on any atom is -0.871 e. The second kappa shape index (κ2) is 24.0. The van der Waals surface area contributed by atoms with Crippen molar-refractivity contribution in [3.05, 3.63) is 241 Å². The van der Waals surface area contributed by atoms with Crippen molar-refractivity contribution in [2.24, 2.45) is 0 Å². The molecule has 0 fully saturated rings. The van der Waals surface area contributed by atoms with Crippen molar-refractivity contribution in [1.82, 2.24) is 0 Å². The Balaban J connectivity index is 0.000000149. The molecule has 0 radical (unpaired) electrons. The molecule has 0 atom stereocenters. The molecule has 2 heterocycles. The molecule has 0 unspecified atom stereocenters. The fourth-order valence-corrected chi connectivity index (χ4v) is 7.82. The van der Waals surface area contributed by atoms with Gasteiger partial charge < -0.3 is 24.2 Å². The fraction of sp³-hybridized carbons (Fsp3) is 0.143. The van der Waals surface area contributed by atoms with E-state index in [1.165, 1.54) is 16.7 Å². The first-order chi connectivity index (χ1) is 32.5. The third-order valence-electron chi connectivity index (χ3n) is 10.7. The van der Waals surface area contributed by atoms with E-state index in [0.29, 0.717) is 31.4 Å². The minimum atomic E-state index is -2.23. The van der Waals surface area contributed by atoms with Crippen LogP contribution < -0.4 is 38.7 Å². The van der Waals surface area contributed by atoms with Crippen LogP contribution in [0.4, 0.5) is 0 Å². The van der Waals surface area contributed by atoms with Gasteiger partial charge in [-0.25, -0.2) is 0 Å². The van der Waals surface area contributed by atoms with Gasteiger partial charge in [0, 0.05) is 33.6 Å². The van der Waals surface area contributed by atoms with E-state index < -0.39 is 7.32 Å². The van der Waals surface area contributed by atoms with Crippen molar-refractivity contribution in [3.63, 3.8) is 0 Å². The standard InChI is InChI=1S/C22H21BO3.2C17H16NO2/c24-23(25)26-18-10-17-22(19-11-4-1-5-12-19,20-13-6-2-7-14-20)21-15-8-3-9-16-21;2*1-2-19-18-11-7-6-10-17(18)20-16-12-14-8-4-3-5-9-15(14)13-16/h1-9,11-16H,10,17-18H2;2*3-13H,2H2,1H3/q-2;2*+1. The van der Waals surface area contributed by atoms with E-state index in [0.717, 1.165) is 40.2 Å². The van der Waals surface area contributed by atoms with Gasteiger partial charge in [0.05, 0.1) is 19.5 Å². The summed E-state index contributed by atoms with van der Waals surface area (Å²) in [5, 5.41) is 21.4. The number of rotatable bonds is 16. The lowest BCUT2D eigenvalue weighted by atomic mass is 9.67. The molecule has 9 nitrogen and oxygen atoms in total. The SMILES string of the molecule is CCO[n+]1ccccc1Oc1cc2cccccc-2c1.CCO[n+]1ccccc1Oc1cc2cccccc-2c1.[O-]B([O-])OCCCC(c1ccccc1)(c1ccccc1)c1ccccc1. The number of hydrogen-bond acceptors (Lipinski definition) is 7. The Labute approximate surface area is 388 Å². The Morgan fingerprint density at radius 2 is 0.773 bits per heavy atom. The Morgan fingerprint density at radius 1 is 0.439 bits per heavy atom. The lowest BCUT2D eigenvalue weighted by Gasteiger charge is -2.37. The predicted octanol–water partition coefficient (Wildman–Crippen LogP) is 9.16. The topological polar surface area (TPSA) is 100 Å². The molecule has 0 aliphatic heterocycles. The quantitative estimate of drug-likeness (QED) is 0.0413. The molecular weight excluding hydrogens is 823 g/mol. The molecule has 10 heteroatoms. The van der Waals surface area contributed by atoms with Gasteiger partial charge in [-0.1, -0.05) is 152 Å². The van der Waals surface area contributed by atoms with Crippen LogP contribution in [0.3, 0.4) is 0 Å². The third-order valence-corrected chi connectivity index (χ3v) is 10.7. The highest BCUT2D eigenvalue weighted by atomic mass is 16.7. The van der Waals surface area contributed by atoms with Crippen LogP contribution in [0.5, 0.6) is 23.3 Å². The average molecular weight is 877 g/mol. The molecule has 0 saturated carbocycles. The van der Waals surface area contributed by atoms with Gasteiger partial charge in [0.1, 0.15) is 11.5 Å². The van der Waals surface area contributed by atoms with Gasteiger partial charge in [0.2, 0.25) is 12.4 Å². The molecule has 0 amide bonds. The number of hydrogen-bond donors (Lipinski definition) is 0. The molecule has 0 bridgehead atoms. The summed E-state index contributed by atoms with van der Waals surface area (Å²) in [6.45, 7) is 5.22. The van der Waals surface area contributed by atoms with E-state index in [1.807, 2.05) is 178 Å². The summed E-state index contributed by atoms with van der Waals surface area (Å²) in [4.78, 5) is 11.0. The summed E-state index contributed by atoms with van der Waals surface area (Å²) in [5.74, 6) is 2.94. The van der Waals surface area contributed by atoms with Crippen LogP contribution in [0.1, 0.15) is 43.4 Å². The highest BCUT2D eigenvalue weighted by Crippen LogP contribution is 2.43. The van der Waals surface area contributed by atoms with Crippen molar-refractivity contribution in [1.29, 1.82) is 0 Å². The lowest BCUT2D eigenvalue weighted by Crippen LogP contribution is -2.48. The number of nitrogens with zero attached hydrogens (tertiary/aromatic N) is 2. The molecule has 2 aromatic heterocycles. The number of fused-ring (bicyclic) bond motifs is 2. The first-order valence-electron chi connectivity index (χ1n) is 22.2. The Kier molecular flexibility index (Phi) is 16.9. The molecule has 3 aromatic carbocycles. The lowest BCUT2D eigenvalue weighted by molar-refractivity contribution is -0.892. The highest BCUT2D eigenvalue weighted by molar-refractivity contribution is 6.28. The molecule has 0 N–H and O–H groups in total. The normalized spacial score (nSPS) is 10.8. The van der Waals surface area contributed by atoms with Crippen molar-refractivity contribution in [2.45, 2.75) is 32.1 Å². The van der Waals surface area contributed by atoms with Crippen molar-refractivity contribution >= 4 is 7.32 Å². The zero-order valence-corrected chi connectivity index (χ0v) is 37.2. The summed E-state index contributed by atoms with van der Waals surface area (Å²) < 4.78 is 19.8. The third kappa shape index (κ3) is 12.4. The number of pyridine rings is 2. The van der Waals surface area contributed by atoms with E-state index >= 15 is 0 Å². The van der Waals surface area contributed by atoms with Gasteiger partial charge in [0.25, 0.3) is 0 Å². The maximum absolute atomic E-state index is 10.7. The van der Waals surface area contributed by atoms with Gasteiger partial charge in [-0.15, -0.1) is 0 Å². The maximum atomic E-state index is 10.7. The Morgan fingerprint density at radius 3 is 1.11 bits per heavy atom. The van der Waals surface area contributed by atoms with E-state index in [-0.39, 0.29) is 12.0 Å². The zero-order chi connectivity index (χ0) is 45.8. The summed E-state index contributed by atoms with van der Waals surface area (Å²) in [7, 11) is -2.23. The molecule has 4 aliphatic rings. The first kappa shape index (κ1) is 46.5. The number of ether oxygens (including phenoxy) is 2. The maximum Gasteiger partial charge on any atom is 0.422 e. The summed E-state index contributed by atoms with van der Waals surface area (Å²) in [6.07, 6.45) is 5.01. The van der Waals surface area contributed by atoms with Crippen LogP contribution >= 0.6 is 0 Å². The van der Waals surface area contributed by atoms with Gasteiger partial charge in [-0.05, 0) is 102 Å². The number of aromatic nitrogens is 2. The molecule has 332 valence electrons. The summed E-state index contributed by atoms with van der Waals surface area (Å²) in [6, 6.07) is 71.0. The largest absolute Gasteiger partial charge is 0.871 e. The highest BCUT2D eigenvalue weighted by Gasteiger charge is 2.35. The Hall–Kier alpha value is -7.50. The van der Waals surface area contributed by atoms with E-state index in [9.17, 15) is 10.0 Å². The van der Waals surface area contributed by atoms with Crippen LogP contribution in [0, 0.1) is 0 Å². The van der Waals surface area contributed by atoms with Crippen molar-refractivity contribution in [3.8, 4) is 45.5 Å². The van der Waals surface area contributed by atoms with Crippen LogP contribution in [0.2, 0.25) is 0 Å². The monoisotopic (exact) mass is 876 g/mol. The van der Waals surface area contributed by atoms with Gasteiger partial charge in [-0.2, -0.15) is 0 Å². The van der Waals surface area contributed by atoms with Crippen LogP contribution in [0.15, 0.2) is 225 Å². The molecule has 0 saturated heterocycles. The smallest absolute Gasteiger partial charge is 0.422 e. The minimum absolute atomic E-state index is 0.159. The zero-order valence-electron chi connectivity index (χ0n) is 37.2. The number of benzene rings is 3. The predicted molar refractivity (Wildman–Crippen MR) is 254 cm³/mol. The van der Waals surface area contributed by atoms with Gasteiger partial charge in [0.15, 0.2) is 13.2 Å². The fourth-order valence-electron chi connectivity index (χ4n) is 7.82. The molecule has 66 heavy (non-hydrogen) atoms. The second-order valence-electron chi connectivity index (χ2n) is 15.1. The van der Waals surface area contributed by atoms with Crippen molar-refractivity contribution < 1.29 is 43.3 Å². The van der Waals surface area contributed by atoms with E-state index in [4.69, 9.17) is 23.8 Å².